The number of amides is 1. The van der Waals surface area contributed by atoms with Gasteiger partial charge in [-0.1, -0.05) is 42.5 Å². The van der Waals surface area contributed by atoms with E-state index in [0.717, 1.165) is 11.1 Å². The molecular formula is C27H30FN3O3. The second-order valence-corrected chi connectivity index (χ2v) is 10.3. The van der Waals surface area contributed by atoms with Gasteiger partial charge in [0.05, 0.1) is 28.7 Å². The van der Waals surface area contributed by atoms with Gasteiger partial charge < -0.3 is 20.9 Å². The molecule has 6 nitrogen and oxygen atoms in total. The molecular weight excluding hydrogens is 433 g/mol. The first kappa shape index (κ1) is 23.7. The Balaban J connectivity index is 1.72. The number of aromatic nitrogens is 1. The van der Waals surface area contributed by atoms with E-state index in [4.69, 9.17) is 10.5 Å². The second kappa shape index (κ2) is 8.40. The average Bonchev–Trinajstić information content (AvgIpc) is 2.71. The third-order valence-corrected chi connectivity index (χ3v) is 5.86. The number of nitrogens with one attached hydrogen (secondary N) is 1. The highest BCUT2D eigenvalue weighted by atomic mass is 19.1. The van der Waals surface area contributed by atoms with Gasteiger partial charge in [-0.15, -0.1) is 0 Å². The summed E-state index contributed by atoms with van der Waals surface area (Å²) >= 11 is 0. The number of aliphatic hydroxyl groups is 1. The molecule has 1 saturated carbocycles. The number of nitrogen functional groups attached to an aromatic ring is 1. The number of ether oxygens (including phenoxy) is 1. The van der Waals surface area contributed by atoms with Gasteiger partial charge in [-0.2, -0.15) is 0 Å². The van der Waals surface area contributed by atoms with E-state index >= 15 is 4.39 Å². The van der Waals surface area contributed by atoms with E-state index < -0.39 is 28.7 Å². The van der Waals surface area contributed by atoms with Crippen molar-refractivity contribution >= 4 is 11.8 Å². The number of carbonyl (C=O) groups is 1. The summed E-state index contributed by atoms with van der Waals surface area (Å²) in [4.78, 5) is 17.0. The first-order chi connectivity index (χ1) is 15.9. The quantitative estimate of drug-likeness (QED) is 0.481. The summed E-state index contributed by atoms with van der Waals surface area (Å²) in [6.45, 7) is 6.94. The number of nitrogens with zero attached hydrogens (tertiary/aromatic N) is 1. The molecule has 3 aromatic rings. The number of alkyl carbamates (subject to hydrolysis) is 1. The van der Waals surface area contributed by atoms with Crippen LogP contribution in [0.5, 0.6) is 0 Å². The van der Waals surface area contributed by atoms with Crippen molar-refractivity contribution in [3.63, 3.8) is 0 Å². The van der Waals surface area contributed by atoms with Crippen molar-refractivity contribution in [1.82, 2.24) is 10.3 Å². The van der Waals surface area contributed by atoms with Crippen molar-refractivity contribution in [1.29, 1.82) is 0 Å². The normalized spacial score (nSPS) is 22.1. The van der Waals surface area contributed by atoms with Gasteiger partial charge in [-0.05, 0) is 45.4 Å². The van der Waals surface area contributed by atoms with Crippen LogP contribution in [0.15, 0.2) is 60.8 Å². The monoisotopic (exact) mass is 463 g/mol. The average molecular weight is 464 g/mol. The molecule has 1 aliphatic rings. The number of hydrogen-bond donors (Lipinski definition) is 3. The zero-order chi connectivity index (χ0) is 24.7. The van der Waals surface area contributed by atoms with Crippen molar-refractivity contribution in [2.75, 3.05) is 5.73 Å². The first-order valence-corrected chi connectivity index (χ1v) is 11.2. The van der Waals surface area contributed by atoms with Gasteiger partial charge in [0.2, 0.25) is 0 Å². The lowest BCUT2D eigenvalue weighted by molar-refractivity contribution is -0.0902. The molecule has 1 heterocycles. The number of anilines is 1. The molecule has 4 rings (SSSR count). The van der Waals surface area contributed by atoms with Crippen LogP contribution in [0.2, 0.25) is 0 Å². The van der Waals surface area contributed by atoms with Gasteiger partial charge >= 0.3 is 6.09 Å². The molecule has 34 heavy (non-hydrogen) atoms. The Bertz CT molecular complexity index is 1210. The van der Waals surface area contributed by atoms with Gasteiger partial charge in [-0.3, -0.25) is 4.98 Å². The predicted octanol–water partition coefficient (Wildman–Crippen LogP) is 5.40. The van der Waals surface area contributed by atoms with Gasteiger partial charge in [0.1, 0.15) is 11.4 Å². The molecule has 1 aliphatic carbocycles. The molecule has 4 N–H and O–H groups in total. The maximum Gasteiger partial charge on any atom is 0.408 e. The Morgan fingerprint density at radius 2 is 1.79 bits per heavy atom. The molecule has 1 fully saturated rings. The Labute approximate surface area is 199 Å². The summed E-state index contributed by atoms with van der Waals surface area (Å²) in [5.74, 6) is -0.498. The standard InChI is InChI=1S/C27H30FN3O3/c1-25(2,3)34-24(32)31-27(15-26(4,33)16-27)21-11-10-18(12-22(21)28)23-20(13-19(29)14-30-23)17-8-6-5-7-9-17/h5-14,33H,15-16,29H2,1-4H3,(H,31,32). The molecule has 0 spiro atoms. The maximum atomic E-state index is 15.6. The van der Waals surface area contributed by atoms with Gasteiger partial charge in [0.25, 0.3) is 0 Å². The van der Waals surface area contributed by atoms with E-state index in [0.29, 0.717) is 22.5 Å². The van der Waals surface area contributed by atoms with E-state index in [-0.39, 0.29) is 12.8 Å². The number of halogens is 1. The minimum absolute atomic E-state index is 0.172. The molecule has 1 amide bonds. The number of carbonyl (C=O) groups excluding carboxylic acids is 1. The van der Waals surface area contributed by atoms with Gasteiger partial charge in [0.15, 0.2) is 0 Å². The van der Waals surface area contributed by atoms with Crippen LogP contribution in [0.1, 0.15) is 46.1 Å². The molecule has 0 aliphatic heterocycles. The van der Waals surface area contributed by atoms with Crippen molar-refractivity contribution in [3.8, 4) is 22.4 Å². The molecule has 7 heteroatoms. The van der Waals surface area contributed by atoms with E-state index in [1.807, 2.05) is 36.4 Å². The zero-order valence-electron chi connectivity index (χ0n) is 19.9. The Hall–Kier alpha value is -3.45. The summed E-state index contributed by atoms with van der Waals surface area (Å²) in [5, 5.41) is 13.2. The van der Waals surface area contributed by atoms with Crippen LogP contribution < -0.4 is 11.1 Å². The number of nitrogens with two attached hydrogens (primary N) is 1. The Morgan fingerprint density at radius 3 is 2.38 bits per heavy atom. The topological polar surface area (TPSA) is 97.5 Å². The highest BCUT2D eigenvalue weighted by Gasteiger charge is 2.54. The van der Waals surface area contributed by atoms with Gasteiger partial charge in [-0.25, -0.2) is 9.18 Å². The molecule has 2 aromatic carbocycles. The fourth-order valence-corrected chi connectivity index (χ4v) is 4.69. The summed E-state index contributed by atoms with van der Waals surface area (Å²) < 4.78 is 21.0. The summed E-state index contributed by atoms with van der Waals surface area (Å²) in [6.07, 6.45) is 1.23. The smallest absolute Gasteiger partial charge is 0.408 e. The predicted molar refractivity (Wildman–Crippen MR) is 130 cm³/mol. The first-order valence-electron chi connectivity index (χ1n) is 11.2. The largest absolute Gasteiger partial charge is 0.444 e. The van der Waals surface area contributed by atoms with Gasteiger partial charge in [0, 0.05) is 29.5 Å². The van der Waals surface area contributed by atoms with E-state index in [9.17, 15) is 9.90 Å². The minimum atomic E-state index is -1.06. The lowest BCUT2D eigenvalue weighted by atomic mass is 9.62. The lowest BCUT2D eigenvalue weighted by Crippen LogP contribution is -2.62. The number of pyridine rings is 1. The van der Waals surface area contributed by atoms with Crippen LogP contribution in [0, 0.1) is 5.82 Å². The molecule has 0 unspecified atom stereocenters. The third kappa shape index (κ3) is 4.89. The molecule has 1 aromatic heterocycles. The summed E-state index contributed by atoms with van der Waals surface area (Å²) in [5.41, 5.74) is 6.90. The Kier molecular flexibility index (Phi) is 5.85. The number of benzene rings is 2. The molecule has 0 atom stereocenters. The van der Waals surface area contributed by atoms with Crippen LogP contribution in [-0.4, -0.2) is 27.4 Å². The molecule has 0 saturated heterocycles. The van der Waals surface area contributed by atoms with E-state index in [2.05, 4.69) is 10.3 Å². The van der Waals surface area contributed by atoms with E-state index in [1.54, 1.807) is 46.0 Å². The fourth-order valence-electron chi connectivity index (χ4n) is 4.69. The van der Waals surface area contributed by atoms with E-state index in [1.165, 1.54) is 6.07 Å². The van der Waals surface area contributed by atoms with Crippen molar-refractivity contribution in [2.24, 2.45) is 0 Å². The molecule has 0 bridgehead atoms. The van der Waals surface area contributed by atoms with Crippen LogP contribution in [-0.2, 0) is 10.3 Å². The van der Waals surface area contributed by atoms with Crippen LogP contribution in [0.4, 0.5) is 14.9 Å². The van der Waals surface area contributed by atoms with Crippen LogP contribution >= 0.6 is 0 Å². The zero-order valence-corrected chi connectivity index (χ0v) is 19.9. The Morgan fingerprint density at radius 1 is 1.12 bits per heavy atom. The lowest BCUT2D eigenvalue weighted by Gasteiger charge is -2.52. The maximum absolute atomic E-state index is 15.6. The fraction of sp³-hybridized carbons (Fsp3) is 0.333. The minimum Gasteiger partial charge on any atom is -0.444 e. The van der Waals surface area contributed by atoms with Crippen molar-refractivity contribution < 1.29 is 19.0 Å². The highest BCUT2D eigenvalue weighted by molar-refractivity contribution is 5.82. The van der Waals surface area contributed by atoms with Crippen molar-refractivity contribution in [3.05, 3.63) is 72.2 Å². The SMILES string of the molecule is CC1(O)CC(NC(=O)OC(C)(C)C)(c2ccc(-c3ncc(N)cc3-c3ccccc3)cc2F)C1. The van der Waals surface area contributed by atoms with Crippen LogP contribution in [0.3, 0.4) is 0 Å². The molecule has 0 radical (unpaired) electrons. The molecule has 178 valence electrons. The van der Waals surface area contributed by atoms with Crippen LogP contribution in [0.25, 0.3) is 22.4 Å². The number of rotatable bonds is 4. The number of hydrogen-bond acceptors (Lipinski definition) is 5. The summed E-state index contributed by atoms with van der Waals surface area (Å²) in [7, 11) is 0. The second-order valence-electron chi connectivity index (χ2n) is 10.3. The third-order valence-electron chi connectivity index (χ3n) is 5.86. The highest BCUT2D eigenvalue weighted by Crippen LogP contribution is 2.49. The summed E-state index contributed by atoms with van der Waals surface area (Å²) in [6, 6.07) is 16.3. The van der Waals surface area contributed by atoms with Crippen molar-refractivity contribution in [2.45, 2.75) is 57.3 Å².